The van der Waals surface area contributed by atoms with E-state index in [1.165, 1.54) is 0 Å². The summed E-state index contributed by atoms with van der Waals surface area (Å²) in [5, 5.41) is 0. The van der Waals surface area contributed by atoms with Crippen molar-refractivity contribution in [3.05, 3.63) is 27.7 Å². The molecule has 1 unspecified atom stereocenters. The Hall–Kier alpha value is -0.830. The summed E-state index contributed by atoms with van der Waals surface area (Å²) in [6.07, 6.45) is 0.538. The van der Waals surface area contributed by atoms with Crippen molar-refractivity contribution < 1.29 is 9.53 Å². The number of hydrogen-bond acceptors (Lipinski definition) is 2. The van der Waals surface area contributed by atoms with E-state index in [-0.39, 0.29) is 17.3 Å². The van der Waals surface area contributed by atoms with E-state index in [0.717, 1.165) is 21.3 Å². The van der Waals surface area contributed by atoms with Gasteiger partial charge in [-0.05, 0) is 51.0 Å². The number of carbonyl (C=O) groups is 1. The molecule has 0 bridgehead atoms. The zero-order valence-corrected chi connectivity index (χ0v) is 12.2. The maximum atomic E-state index is 11.5. The van der Waals surface area contributed by atoms with Crippen LogP contribution < -0.4 is 4.74 Å². The first-order chi connectivity index (χ1) is 7.82. The first kappa shape index (κ1) is 12.6. The van der Waals surface area contributed by atoms with Gasteiger partial charge < -0.3 is 4.74 Å². The standard InChI is InChI=1S/C14H17BrO2/c1-8-5-10(6-9(2)13(8)15)17-12-7-11(16)14(12,3)4/h5-6,12H,7H2,1-4H3. The minimum absolute atomic E-state index is 0.00924. The molecule has 0 aliphatic heterocycles. The van der Waals surface area contributed by atoms with E-state index >= 15 is 0 Å². The van der Waals surface area contributed by atoms with E-state index < -0.39 is 0 Å². The van der Waals surface area contributed by atoms with Crippen molar-refractivity contribution in [1.29, 1.82) is 0 Å². The lowest BCUT2D eigenvalue weighted by Crippen LogP contribution is -2.52. The molecule has 1 aromatic carbocycles. The summed E-state index contributed by atoms with van der Waals surface area (Å²) in [7, 11) is 0. The van der Waals surface area contributed by atoms with Crippen LogP contribution in [-0.2, 0) is 4.79 Å². The molecule has 0 spiro atoms. The van der Waals surface area contributed by atoms with Gasteiger partial charge in [-0.15, -0.1) is 0 Å². The lowest BCUT2D eigenvalue weighted by atomic mass is 9.68. The Morgan fingerprint density at radius 1 is 1.29 bits per heavy atom. The Bertz CT molecular complexity index is 454. The fourth-order valence-corrected chi connectivity index (χ4v) is 2.29. The average molecular weight is 297 g/mol. The van der Waals surface area contributed by atoms with Crippen LogP contribution in [0.4, 0.5) is 0 Å². The van der Waals surface area contributed by atoms with Gasteiger partial charge in [0.1, 0.15) is 17.6 Å². The predicted molar refractivity (Wildman–Crippen MR) is 71.4 cm³/mol. The largest absolute Gasteiger partial charge is 0.489 e. The molecule has 2 nitrogen and oxygen atoms in total. The van der Waals surface area contributed by atoms with Crippen molar-refractivity contribution in [3.63, 3.8) is 0 Å². The lowest BCUT2D eigenvalue weighted by molar-refractivity contribution is -0.148. The summed E-state index contributed by atoms with van der Waals surface area (Å²) < 4.78 is 7.03. The Morgan fingerprint density at radius 2 is 1.82 bits per heavy atom. The van der Waals surface area contributed by atoms with Crippen LogP contribution in [0.5, 0.6) is 5.75 Å². The first-order valence-electron chi connectivity index (χ1n) is 5.79. The molecule has 1 fully saturated rings. The fraction of sp³-hybridized carbons (Fsp3) is 0.500. The number of Topliss-reactive ketones (excluding diaryl/α,β-unsaturated/α-hetero) is 1. The molecule has 1 aromatic rings. The molecule has 17 heavy (non-hydrogen) atoms. The summed E-state index contributed by atoms with van der Waals surface area (Å²) in [4.78, 5) is 11.5. The van der Waals surface area contributed by atoms with Gasteiger partial charge in [0, 0.05) is 10.9 Å². The number of hydrogen-bond donors (Lipinski definition) is 0. The first-order valence-corrected chi connectivity index (χ1v) is 6.58. The highest BCUT2D eigenvalue weighted by Crippen LogP contribution is 2.40. The fourth-order valence-electron chi connectivity index (χ4n) is 2.06. The van der Waals surface area contributed by atoms with E-state index in [0.29, 0.717) is 6.42 Å². The molecule has 92 valence electrons. The van der Waals surface area contributed by atoms with Crippen LogP contribution in [0.1, 0.15) is 31.4 Å². The predicted octanol–water partition coefficient (Wildman–Crippen LogP) is 3.81. The zero-order chi connectivity index (χ0) is 12.8. The van der Waals surface area contributed by atoms with Crippen LogP contribution in [0.2, 0.25) is 0 Å². The van der Waals surface area contributed by atoms with Crippen LogP contribution in [0.15, 0.2) is 16.6 Å². The smallest absolute Gasteiger partial charge is 0.145 e. The molecule has 0 N–H and O–H groups in total. The van der Waals surface area contributed by atoms with Crippen molar-refractivity contribution in [2.24, 2.45) is 5.41 Å². The third kappa shape index (κ3) is 2.13. The monoisotopic (exact) mass is 296 g/mol. The molecule has 1 atom stereocenters. The Balaban J connectivity index is 2.18. The maximum absolute atomic E-state index is 11.5. The second kappa shape index (κ2) is 4.13. The van der Waals surface area contributed by atoms with Crippen LogP contribution >= 0.6 is 15.9 Å². The molecule has 0 heterocycles. The highest BCUT2D eigenvalue weighted by Gasteiger charge is 2.49. The van der Waals surface area contributed by atoms with Crippen LogP contribution in [-0.4, -0.2) is 11.9 Å². The van der Waals surface area contributed by atoms with Gasteiger partial charge in [0.05, 0.1) is 5.41 Å². The van der Waals surface area contributed by atoms with Crippen LogP contribution in [0.25, 0.3) is 0 Å². The van der Waals surface area contributed by atoms with E-state index in [4.69, 9.17) is 4.74 Å². The summed E-state index contributed by atoms with van der Waals surface area (Å²) in [6.45, 7) is 7.98. The number of rotatable bonds is 2. The molecule has 0 aromatic heterocycles. The quantitative estimate of drug-likeness (QED) is 0.829. The number of benzene rings is 1. The van der Waals surface area contributed by atoms with Gasteiger partial charge in [-0.2, -0.15) is 0 Å². The van der Waals surface area contributed by atoms with Gasteiger partial charge in [-0.1, -0.05) is 15.9 Å². The van der Waals surface area contributed by atoms with Crippen LogP contribution in [0, 0.1) is 19.3 Å². The number of carbonyl (C=O) groups excluding carboxylic acids is 1. The van der Waals surface area contributed by atoms with Crippen molar-refractivity contribution >= 4 is 21.7 Å². The highest BCUT2D eigenvalue weighted by atomic mass is 79.9. The number of ether oxygens (including phenoxy) is 1. The van der Waals surface area contributed by atoms with E-state index in [1.54, 1.807) is 0 Å². The van der Waals surface area contributed by atoms with Gasteiger partial charge >= 0.3 is 0 Å². The van der Waals surface area contributed by atoms with Crippen molar-refractivity contribution in [3.8, 4) is 5.75 Å². The van der Waals surface area contributed by atoms with Gasteiger partial charge in [0.2, 0.25) is 0 Å². The number of halogens is 1. The van der Waals surface area contributed by atoms with Gasteiger partial charge in [0.25, 0.3) is 0 Å². The maximum Gasteiger partial charge on any atom is 0.145 e. The average Bonchev–Trinajstić information content (AvgIpc) is 2.25. The van der Waals surface area contributed by atoms with Gasteiger partial charge in [-0.25, -0.2) is 0 Å². The normalized spacial score (nSPS) is 22.2. The van der Waals surface area contributed by atoms with Gasteiger partial charge in [-0.3, -0.25) is 4.79 Å². The lowest BCUT2D eigenvalue weighted by Gasteiger charge is -2.42. The van der Waals surface area contributed by atoms with E-state index in [1.807, 2.05) is 39.8 Å². The van der Waals surface area contributed by atoms with Crippen molar-refractivity contribution in [2.75, 3.05) is 0 Å². The summed E-state index contributed by atoms with van der Waals surface area (Å²) in [5.74, 6) is 1.14. The molecular weight excluding hydrogens is 280 g/mol. The second-order valence-electron chi connectivity index (χ2n) is 5.33. The molecule has 1 aliphatic carbocycles. The molecule has 0 saturated heterocycles. The molecule has 1 saturated carbocycles. The minimum atomic E-state index is -0.338. The van der Waals surface area contributed by atoms with Crippen molar-refractivity contribution in [2.45, 2.75) is 40.2 Å². The SMILES string of the molecule is Cc1cc(OC2CC(=O)C2(C)C)cc(C)c1Br. The summed E-state index contributed by atoms with van der Waals surface area (Å²) >= 11 is 3.53. The number of ketones is 1. The number of aryl methyl sites for hydroxylation is 2. The summed E-state index contributed by atoms with van der Waals surface area (Å²) in [6, 6.07) is 4.02. The summed E-state index contributed by atoms with van der Waals surface area (Å²) in [5.41, 5.74) is 1.97. The minimum Gasteiger partial charge on any atom is -0.489 e. The van der Waals surface area contributed by atoms with Crippen molar-refractivity contribution in [1.82, 2.24) is 0 Å². The van der Waals surface area contributed by atoms with Crippen LogP contribution in [0.3, 0.4) is 0 Å². The zero-order valence-electron chi connectivity index (χ0n) is 10.6. The topological polar surface area (TPSA) is 26.3 Å². The van der Waals surface area contributed by atoms with Gasteiger partial charge in [0.15, 0.2) is 0 Å². The Kier molecular flexibility index (Phi) is 3.06. The Morgan fingerprint density at radius 3 is 2.24 bits per heavy atom. The molecule has 3 heteroatoms. The molecule has 1 aliphatic rings. The second-order valence-corrected chi connectivity index (χ2v) is 6.12. The molecular formula is C14H17BrO2. The third-order valence-electron chi connectivity index (χ3n) is 3.58. The molecule has 0 radical (unpaired) electrons. The van der Waals surface area contributed by atoms with E-state index in [9.17, 15) is 4.79 Å². The molecule has 0 amide bonds. The Labute approximate surface area is 110 Å². The third-order valence-corrected chi connectivity index (χ3v) is 4.83. The highest BCUT2D eigenvalue weighted by molar-refractivity contribution is 9.10. The molecule has 2 rings (SSSR count). The van der Waals surface area contributed by atoms with E-state index in [2.05, 4.69) is 15.9 Å².